The normalized spacial score (nSPS) is 15.0. The van der Waals surface area contributed by atoms with Gasteiger partial charge in [0.1, 0.15) is 5.57 Å². The molecule has 0 fully saturated rings. The summed E-state index contributed by atoms with van der Waals surface area (Å²) in [6, 6.07) is 6.88. The Hall–Kier alpha value is -2.01. The van der Waals surface area contributed by atoms with Gasteiger partial charge in [0.05, 0.1) is 13.3 Å². The van der Waals surface area contributed by atoms with Crippen LogP contribution in [0.15, 0.2) is 35.5 Å². The Morgan fingerprint density at radius 2 is 2.00 bits per heavy atom. The van der Waals surface area contributed by atoms with E-state index in [0.29, 0.717) is 29.5 Å². The molecular weight excluding hydrogens is 292 g/mol. The number of allylic oxidation sites excluding steroid dienone is 1. The van der Waals surface area contributed by atoms with Crippen LogP contribution < -0.4 is 10.2 Å². The van der Waals surface area contributed by atoms with Crippen molar-refractivity contribution in [2.75, 3.05) is 18.2 Å². The van der Waals surface area contributed by atoms with Crippen LogP contribution in [-0.4, -0.2) is 25.2 Å². The number of rotatable bonds is 4. The second kappa shape index (κ2) is 6.63. The zero-order valence-corrected chi connectivity index (χ0v) is 12.7. The molecule has 0 saturated heterocycles. The molecule has 1 aromatic rings. The first-order chi connectivity index (χ1) is 10.1. The number of nitrogens with one attached hydrogen (secondary N) is 1. The molecule has 0 radical (unpaired) electrons. The molecule has 1 aliphatic rings. The lowest BCUT2D eigenvalue weighted by molar-refractivity contribution is -0.140. The molecule has 1 heterocycles. The molecule has 1 aromatic carbocycles. The Morgan fingerprint density at radius 3 is 2.57 bits per heavy atom. The van der Waals surface area contributed by atoms with E-state index in [1.165, 1.54) is 4.90 Å². The molecule has 5 nitrogen and oxygen atoms in total. The van der Waals surface area contributed by atoms with E-state index in [0.717, 1.165) is 0 Å². The number of carbonyl (C=O) groups is 2. The van der Waals surface area contributed by atoms with Gasteiger partial charge in [-0.1, -0.05) is 18.5 Å². The molecule has 112 valence electrons. The first-order valence-electron chi connectivity index (χ1n) is 6.80. The molecule has 1 N–H and O–H groups in total. The Labute approximate surface area is 128 Å². The van der Waals surface area contributed by atoms with Gasteiger partial charge in [-0.25, -0.2) is 4.79 Å². The van der Waals surface area contributed by atoms with Crippen molar-refractivity contribution in [1.82, 2.24) is 5.32 Å². The van der Waals surface area contributed by atoms with Gasteiger partial charge in [-0.05, 0) is 37.6 Å². The van der Waals surface area contributed by atoms with Crippen LogP contribution in [0.2, 0.25) is 5.02 Å². The van der Waals surface area contributed by atoms with E-state index in [1.54, 1.807) is 31.2 Å². The van der Waals surface area contributed by atoms with Gasteiger partial charge in [-0.2, -0.15) is 0 Å². The van der Waals surface area contributed by atoms with Crippen molar-refractivity contribution in [3.63, 3.8) is 0 Å². The van der Waals surface area contributed by atoms with Gasteiger partial charge >= 0.3 is 5.97 Å². The maximum atomic E-state index is 12.6. The lowest BCUT2D eigenvalue weighted by Crippen LogP contribution is -2.47. The fraction of sp³-hybridized carbons (Fsp3) is 0.333. The average molecular weight is 309 g/mol. The van der Waals surface area contributed by atoms with Crippen LogP contribution >= 0.6 is 11.6 Å². The first-order valence-corrected chi connectivity index (χ1v) is 7.17. The molecular formula is C15H17ClN2O3. The monoisotopic (exact) mass is 308 g/mol. The van der Waals surface area contributed by atoms with Crippen molar-refractivity contribution in [1.29, 1.82) is 0 Å². The van der Waals surface area contributed by atoms with Crippen molar-refractivity contribution in [2.24, 2.45) is 0 Å². The number of ether oxygens (including phenoxy) is 1. The summed E-state index contributed by atoms with van der Waals surface area (Å²) in [6.07, 6.45) is 0.564. The van der Waals surface area contributed by atoms with Crippen molar-refractivity contribution in [3.8, 4) is 0 Å². The van der Waals surface area contributed by atoms with Crippen LogP contribution in [0.5, 0.6) is 0 Å². The SMILES string of the molecule is CCOC(=O)C1=C(CC)NCN(c2ccc(Cl)cc2)C1=O. The number of nitrogens with zero attached hydrogens (tertiary/aromatic N) is 1. The summed E-state index contributed by atoms with van der Waals surface area (Å²) in [5, 5.41) is 3.69. The number of hydrogen-bond acceptors (Lipinski definition) is 4. The lowest BCUT2D eigenvalue weighted by atomic mass is 10.1. The number of halogens is 1. The third kappa shape index (κ3) is 3.19. The van der Waals surface area contributed by atoms with Gasteiger partial charge in [-0.3, -0.25) is 9.69 Å². The fourth-order valence-electron chi connectivity index (χ4n) is 2.14. The van der Waals surface area contributed by atoms with E-state index in [4.69, 9.17) is 16.3 Å². The molecule has 0 atom stereocenters. The zero-order chi connectivity index (χ0) is 15.4. The summed E-state index contributed by atoms with van der Waals surface area (Å²) in [5.41, 5.74) is 1.36. The van der Waals surface area contributed by atoms with Crippen molar-refractivity contribution >= 4 is 29.2 Å². The second-order valence-electron chi connectivity index (χ2n) is 4.47. The summed E-state index contributed by atoms with van der Waals surface area (Å²) < 4.78 is 4.98. The topological polar surface area (TPSA) is 58.6 Å². The average Bonchev–Trinajstić information content (AvgIpc) is 2.48. The van der Waals surface area contributed by atoms with Gasteiger partial charge in [0.2, 0.25) is 0 Å². The Bertz CT molecular complexity index is 581. The van der Waals surface area contributed by atoms with Crippen LogP contribution in [0.3, 0.4) is 0 Å². The molecule has 0 bridgehead atoms. The number of hydrogen-bond donors (Lipinski definition) is 1. The number of carbonyl (C=O) groups excluding carboxylic acids is 2. The highest BCUT2D eigenvalue weighted by atomic mass is 35.5. The highest BCUT2D eigenvalue weighted by Crippen LogP contribution is 2.24. The molecule has 2 rings (SSSR count). The first kappa shape index (κ1) is 15.4. The summed E-state index contributed by atoms with van der Waals surface area (Å²) in [4.78, 5) is 26.1. The zero-order valence-electron chi connectivity index (χ0n) is 12.0. The van der Waals surface area contributed by atoms with Crippen LogP contribution in [0.1, 0.15) is 20.3 Å². The van der Waals surface area contributed by atoms with Gasteiger partial charge in [0.15, 0.2) is 0 Å². The quantitative estimate of drug-likeness (QED) is 0.686. The smallest absolute Gasteiger partial charge is 0.345 e. The van der Waals surface area contributed by atoms with Gasteiger partial charge in [-0.15, -0.1) is 0 Å². The summed E-state index contributed by atoms with van der Waals surface area (Å²) in [7, 11) is 0. The minimum absolute atomic E-state index is 0.0700. The largest absolute Gasteiger partial charge is 0.462 e. The van der Waals surface area contributed by atoms with Crippen LogP contribution in [-0.2, 0) is 14.3 Å². The molecule has 0 unspecified atom stereocenters. The van der Waals surface area contributed by atoms with Crippen molar-refractivity contribution < 1.29 is 14.3 Å². The third-order valence-corrected chi connectivity index (χ3v) is 3.43. The van der Waals surface area contributed by atoms with E-state index in [-0.39, 0.29) is 18.1 Å². The Kier molecular flexibility index (Phi) is 4.85. The van der Waals surface area contributed by atoms with Gasteiger partial charge in [0, 0.05) is 16.4 Å². The summed E-state index contributed by atoms with van der Waals surface area (Å²) >= 11 is 5.85. The predicted octanol–water partition coefficient (Wildman–Crippen LogP) is 2.46. The number of amides is 1. The van der Waals surface area contributed by atoms with Crippen molar-refractivity contribution in [2.45, 2.75) is 20.3 Å². The third-order valence-electron chi connectivity index (χ3n) is 3.18. The predicted molar refractivity (Wildman–Crippen MR) is 80.9 cm³/mol. The highest BCUT2D eigenvalue weighted by molar-refractivity contribution is 6.30. The molecule has 0 aromatic heterocycles. The number of anilines is 1. The minimum atomic E-state index is -0.592. The highest BCUT2D eigenvalue weighted by Gasteiger charge is 2.32. The number of benzene rings is 1. The number of esters is 1. The van der Waals surface area contributed by atoms with E-state index in [2.05, 4.69) is 5.32 Å². The summed E-state index contributed by atoms with van der Waals surface area (Å²) in [6.45, 7) is 4.13. The molecule has 1 aliphatic heterocycles. The van der Waals surface area contributed by atoms with Crippen LogP contribution in [0.25, 0.3) is 0 Å². The van der Waals surface area contributed by atoms with Crippen LogP contribution in [0.4, 0.5) is 5.69 Å². The Morgan fingerprint density at radius 1 is 1.33 bits per heavy atom. The molecule has 1 amide bonds. The van der Waals surface area contributed by atoms with E-state index < -0.39 is 5.97 Å². The maximum Gasteiger partial charge on any atom is 0.345 e. The van der Waals surface area contributed by atoms with E-state index >= 15 is 0 Å². The van der Waals surface area contributed by atoms with E-state index in [9.17, 15) is 9.59 Å². The summed E-state index contributed by atoms with van der Waals surface area (Å²) in [5.74, 6) is -0.947. The van der Waals surface area contributed by atoms with Gasteiger partial charge < -0.3 is 10.1 Å². The lowest BCUT2D eigenvalue weighted by Gasteiger charge is -2.30. The van der Waals surface area contributed by atoms with Crippen LogP contribution in [0, 0.1) is 0 Å². The van der Waals surface area contributed by atoms with E-state index in [1.807, 2.05) is 6.92 Å². The second-order valence-corrected chi connectivity index (χ2v) is 4.91. The molecule has 6 heteroatoms. The standard InChI is InChI=1S/C15H17ClN2O3/c1-3-12-13(15(20)21-4-2)14(19)18(9-17-12)11-7-5-10(16)6-8-11/h5-8,17H,3-4,9H2,1-2H3. The van der Waals surface area contributed by atoms with Crippen molar-refractivity contribution in [3.05, 3.63) is 40.6 Å². The Balaban J connectivity index is 2.34. The molecule has 0 aliphatic carbocycles. The van der Waals surface area contributed by atoms with Gasteiger partial charge in [0.25, 0.3) is 5.91 Å². The molecule has 0 spiro atoms. The minimum Gasteiger partial charge on any atom is -0.462 e. The maximum absolute atomic E-state index is 12.6. The fourth-order valence-corrected chi connectivity index (χ4v) is 2.27. The molecule has 0 saturated carbocycles. The molecule has 21 heavy (non-hydrogen) atoms.